The summed E-state index contributed by atoms with van der Waals surface area (Å²) in [7, 11) is -3.55. The number of benzene rings is 2. The van der Waals surface area contributed by atoms with Crippen molar-refractivity contribution in [3.05, 3.63) is 59.7 Å². The second-order valence-electron chi connectivity index (χ2n) is 5.57. The molecule has 0 amide bonds. The van der Waals surface area contributed by atoms with Crippen molar-refractivity contribution in [1.29, 1.82) is 0 Å². The first kappa shape index (κ1) is 17.5. The van der Waals surface area contributed by atoms with E-state index in [0.29, 0.717) is 12.3 Å². The molecule has 0 aromatic heterocycles. The molecule has 0 radical (unpaired) electrons. The number of rotatable bonds is 7. The van der Waals surface area contributed by atoms with Crippen LogP contribution >= 0.6 is 0 Å². The third kappa shape index (κ3) is 5.35. The van der Waals surface area contributed by atoms with Crippen LogP contribution in [0.1, 0.15) is 25.0 Å². The van der Waals surface area contributed by atoms with Crippen LogP contribution in [0.3, 0.4) is 0 Å². The Bertz CT molecular complexity index is 741. The number of nitrogens with two attached hydrogens (primary N) is 1. The van der Waals surface area contributed by atoms with Gasteiger partial charge in [-0.05, 0) is 49.2 Å². The van der Waals surface area contributed by atoms with E-state index in [1.807, 2.05) is 38.1 Å². The topological polar surface area (TPSA) is 81.4 Å². The third-order valence-electron chi connectivity index (χ3n) is 3.23. The zero-order chi connectivity index (χ0) is 16.9. The first-order valence-electron chi connectivity index (χ1n) is 7.41. The molecule has 5 nitrogen and oxygen atoms in total. The molecule has 0 unspecified atom stereocenters. The summed E-state index contributed by atoms with van der Waals surface area (Å²) >= 11 is 0. The maximum Gasteiger partial charge on any atom is 0.240 e. The molecule has 0 atom stereocenters. The zero-order valence-electron chi connectivity index (χ0n) is 13.3. The molecule has 0 saturated carbocycles. The first-order valence-corrected chi connectivity index (χ1v) is 8.90. The number of sulfonamides is 1. The smallest absolute Gasteiger partial charge is 0.240 e. The van der Waals surface area contributed by atoms with E-state index in [4.69, 9.17) is 10.5 Å². The van der Waals surface area contributed by atoms with E-state index in [1.54, 1.807) is 12.1 Å². The predicted octanol–water partition coefficient (Wildman–Crippen LogP) is 2.67. The lowest BCUT2D eigenvalue weighted by molar-refractivity contribution is 0.0657. The van der Waals surface area contributed by atoms with Gasteiger partial charge in [-0.3, -0.25) is 0 Å². The highest BCUT2D eigenvalue weighted by Crippen LogP contribution is 2.13. The van der Waals surface area contributed by atoms with Crippen molar-refractivity contribution in [2.24, 2.45) is 0 Å². The average Bonchev–Trinajstić information content (AvgIpc) is 2.52. The Balaban J connectivity index is 2.02. The SMILES string of the molecule is CC(C)OCc1cccc(CNS(=O)(=O)c2ccc(N)cc2)c1. The van der Waals surface area contributed by atoms with Gasteiger partial charge in [-0.25, -0.2) is 13.1 Å². The molecule has 0 saturated heterocycles. The van der Waals surface area contributed by atoms with Crippen LogP contribution in [0.4, 0.5) is 5.69 Å². The van der Waals surface area contributed by atoms with Crippen molar-refractivity contribution in [3.63, 3.8) is 0 Å². The number of hydrogen-bond acceptors (Lipinski definition) is 4. The van der Waals surface area contributed by atoms with Gasteiger partial charge < -0.3 is 10.5 Å². The summed E-state index contributed by atoms with van der Waals surface area (Å²) < 4.78 is 32.6. The lowest BCUT2D eigenvalue weighted by Gasteiger charge is -2.10. The Kier molecular flexibility index (Phi) is 5.76. The maximum absolute atomic E-state index is 12.2. The molecular weight excluding hydrogens is 312 g/mol. The maximum atomic E-state index is 12.2. The summed E-state index contributed by atoms with van der Waals surface area (Å²) in [5, 5.41) is 0. The van der Waals surface area contributed by atoms with Gasteiger partial charge in [0, 0.05) is 12.2 Å². The molecule has 124 valence electrons. The van der Waals surface area contributed by atoms with Crippen LogP contribution in [0.25, 0.3) is 0 Å². The van der Waals surface area contributed by atoms with Crippen molar-refractivity contribution in [1.82, 2.24) is 4.72 Å². The van der Waals surface area contributed by atoms with Crippen LogP contribution < -0.4 is 10.5 Å². The largest absolute Gasteiger partial charge is 0.399 e. The quantitative estimate of drug-likeness (QED) is 0.763. The van der Waals surface area contributed by atoms with Crippen molar-refractivity contribution in [2.75, 3.05) is 5.73 Å². The molecule has 0 aliphatic carbocycles. The van der Waals surface area contributed by atoms with Crippen molar-refractivity contribution in [3.8, 4) is 0 Å². The Labute approximate surface area is 137 Å². The van der Waals surface area contributed by atoms with Gasteiger partial charge in [0.1, 0.15) is 0 Å². The summed E-state index contributed by atoms with van der Waals surface area (Å²) in [6, 6.07) is 13.8. The third-order valence-corrected chi connectivity index (χ3v) is 4.65. The van der Waals surface area contributed by atoms with E-state index >= 15 is 0 Å². The van der Waals surface area contributed by atoms with Gasteiger partial charge in [-0.2, -0.15) is 0 Å². The highest BCUT2D eigenvalue weighted by Gasteiger charge is 2.13. The minimum Gasteiger partial charge on any atom is -0.399 e. The van der Waals surface area contributed by atoms with Crippen LogP contribution in [0.15, 0.2) is 53.4 Å². The van der Waals surface area contributed by atoms with Crippen molar-refractivity contribution >= 4 is 15.7 Å². The van der Waals surface area contributed by atoms with Gasteiger partial charge in [0.05, 0.1) is 17.6 Å². The lowest BCUT2D eigenvalue weighted by atomic mass is 10.1. The van der Waals surface area contributed by atoms with E-state index < -0.39 is 10.0 Å². The second-order valence-corrected chi connectivity index (χ2v) is 7.34. The Hall–Kier alpha value is -1.89. The lowest BCUT2D eigenvalue weighted by Crippen LogP contribution is -2.23. The van der Waals surface area contributed by atoms with E-state index in [9.17, 15) is 8.42 Å². The van der Waals surface area contributed by atoms with Crippen LogP contribution in [0, 0.1) is 0 Å². The molecule has 0 fully saturated rings. The van der Waals surface area contributed by atoms with Gasteiger partial charge in [0.25, 0.3) is 0 Å². The van der Waals surface area contributed by atoms with Crippen LogP contribution in [0.2, 0.25) is 0 Å². The van der Waals surface area contributed by atoms with Gasteiger partial charge in [-0.1, -0.05) is 24.3 Å². The summed E-state index contributed by atoms with van der Waals surface area (Å²) in [5.41, 5.74) is 8.00. The fourth-order valence-corrected chi connectivity index (χ4v) is 3.02. The van der Waals surface area contributed by atoms with Crippen molar-refractivity contribution < 1.29 is 13.2 Å². The van der Waals surface area contributed by atoms with E-state index in [1.165, 1.54) is 12.1 Å². The molecule has 0 spiro atoms. The summed E-state index contributed by atoms with van der Waals surface area (Å²) in [4.78, 5) is 0.200. The molecule has 0 aliphatic rings. The highest BCUT2D eigenvalue weighted by atomic mass is 32.2. The van der Waals surface area contributed by atoms with E-state index in [-0.39, 0.29) is 17.5 Å². The van der Waals surface area contributed by atoms with Gasteiger partial charge >= 0.3 is 0 Å². The Morgan fingerprint density at radius 2 is 1.74 bits per heavy atom. The Morgan fingerprint density at radius 1 is 1.09 bits per heavy atom. The number of hydrogen-bond donors (Lipinski definition) is 2. The molecular formula is C17H22N2O3S. The number of nitrogens with one attached hydrogen (secondary N) is 1. The van der Waals surface area contributed by atoms with E-state index in [0.717, 1.165) is 11.1 Å². The fourth-order valence-electron chi connectivity index (χ4n) is 2.00. The summed E-state index contributed by atoms with van der Waals surface area (Å²) in [6.07, 6.45) is 0.155. The first-order chi connectivity index (χ1) is 10.9. The minimum absolute atomic E-state index is 0.155. The summed E-state index contributed by atoms with van der Waals surface area (Å²) in [5.74, 6) is 0. The van der Waals surface area contributed by atoms with Crippen LogP contribution in [-0.4, -0.2) is 14.5 Å². The molecule has 0 aliphatic heterocycles. The van der Waals surface area contributed by atoms with Gasteiger partial charge in [-0.15, -0.1) is 0 Å². The molecule has 3 N–H and O–H groups in total. The van der Waals surface area contributed by atoms with Gasteiger partial charge in [0.2, 0.25) is 10.0 Å². The number of nitrogen functional groups attached to an aromatic ring is 1. The molecule has 0 heterocycles. The average molecular weight is 334 g/mol. The number of ether oxygens (including phenoxy) is 1. The van der Waals surface area contributed by atoms with E-state index in [2.05, 4.69) is 4.72 Å². The minimum atomic E-state index is -3.55. The predicted molar refractivity (Wildman–Crippen MR) is 91.2 cm³/mol. The van der Waals surface area contributed by atoms with Crippen LogP contribution in [-0.2, 0) is 27.9 Å². The zero-order valence-corrected chi connectivity index (χ0v) is 14.1. The monoisotopic (exact) mass is 334 g/mol. The second kappa shape index (κ2) is 7.59. The number of anilines is 1. The normalized spacial score (nSPS) is 11.8. The van der Waals surface area contributed by atoms with Gasteiger partial charge in [0.15, 0.2) is 0 Å². The molecule has 6 heteroatoms. The fraction of sp³-hybridized carbons (Fsp3) is 0.294. The van der Waals surface area contributed by atoms with Crippen molar-refractivity contribution in [2.45, 2.75) is 38.0 Å². The standard InChI is InChI=1S/C17H22N2O3S/c1-13(2)22-12-15-5-3-4-14(10-15)11-19-23(20,21)17-8-6-16(18)7-9-17/h3-10,13,19H,11-12,18H2,1-2H3. The Morgan fingerprint density at radius 3 is 2.39 bits per heavy atom. The molecule has 2 rings (SSSR count). The summed E-state index contributed by atoms with van der Waals surface area (Å²) in [6.45, 7) is 4.69. The molecule has 2 aromatic rings. The van der Waals surface area contributed by atoms with Crippen LogP contribution in [0.5, 0.6) is 0 Å². The molecule has 23 heavy (non-hydrogen) atoms. The molecule has 2 aromatic carbocycles. The highest BCUT2D eigenvalue weighted by molar-refractivity contribution is 7.89. The molecule has 0 bridgehead atoms.